The van der Waals surface area contributed by atoms with Crippen LogP contribution in [-0.2, 0) is 17.2 Å². The molecule has 1 N–H and O–H groups in total. The summed E-state index contributed by atoms with van der Waals surface area (Å²) in [5.41, 5.74) is 1.74. The summed E-state index contributed by atoms with van der Waals surface area (Å²) < 4.78 is 11.6. The lowest BCUT2D eigenvalue weighted by atomic mass is 10.0. The lowest BCUT2D eigenvalue weighted by Gasteiger charge is -2.40. The molecule has 0 radical (unpaired) electrons. The SMILES string of the molecule is CCc1cc(NCC(C)(C)N2CCS(=O)CC2)nc(-c2ccccn2)n1. The Morgan fingerprint density at radius 1 is 1.23 bits per heavy atom. The summed E-state index contributed by atoms with van der Waals surface area (Å²) in [5, 5.41) is 3.48. The van der Waals surface area contributed by atoms with Crippen LogP contribution in [0.15, 0.2) is 30.5 Å². The Kier molecular flexibility index (Phi) is 5.98. The van der Waals surface area contributed by atoms with Gasteiger partial charge >= 0.3 is 0 Å². The standard InChI is InChI=1S/C19H27N5OS/c1-4-15-13-17(23-18(22-15)16-7-5-6-8-20-16)21-14-19(2,3)24-9-11-26(25)12-10-24/h5-8,13H,4,9-12,14H2,1-3H3,(H,21,22,23). The monoisotopic (exact) mass is 373 g/mol. The Hall–Kier alpha value is -1.86. The average Bonchev–Trinajstić information content (AvgIpc) is 2.67. The Labute approximate surface area is 157 Å². The van der Waals surface area contributed by atoms with Gasteiger partial charge in [-0.25, -0.2) is 9.97 Å². The van der Waals surface area contributed by atoms with Crippen molar-refractivity contribution in [2.24, 2.45) is 0 Å². The van der Waals surface area contributed by atoms with E-state index in [1.807, 2.05) is 24.3 Å². The fraction of sp³-hybridized carbons (Fsp3) is 0.526. The highest BCUT2D eigenvalue weighted by Gasteiger charge is 2.29. The fourth-order valence-corrected chi connectivity index (χ4v) is 4.09. The van der Waals surface area contributed by atoms with Crippen LogP contribution in [0, 0.1) is 0 Å². The van der Waals surface area contributed by atoms with E-state index in [2.05, 4.69) is 45.9 Å². The van der Waals surface area contributed by atoms with Crippen LogP contribution in [0.25, 0.3) is 11.5 Å². The molecule has 0 amide bonds. The number of rotatable bonds is 6. The van der Waals surface area contributed by atoms with E-state index in [-0.39, 0.29) is 5.54 Å². The highest BCUT2D eigenvalue weighted by molar-refractivity contribution is 7.85. The normalized spacial score (nSPS) is 16.6. The highest BCUT2D eigenvalue weighted by Crippen LogP contribution is 2.20. The van der Waals surface area contributed by atoms with Crippen molar-refractivity contribution < 1.29 is 4.21 Å². The topological polar surface area (TPSA) is 71.0 Å². The van der Waals surface area contributed by atoms with Crippen molar-refractivity contribution >= 4 is 16.6 Å². The molecule has 0 bridgehead atoms. The summed E-state index contributed by atoms with van der Waals surface area (Å²) in [6, 6.07) is 7.77. The molecule has 0 spiro atoms. The number of hydrogen-bond acceptors (Lipinski definition) is 6. The van der Waals surface area contributed by atoms with Gasteiger partial charge in [0.25, 0.3) is 0 Å². The number of hydrogen-bond donors (Lipinski definition) is 1. The van der Waals surface area contributed by atoms with Crippen LogP contribution in [0.1, 0.15) is 26.5 Å². The van der Waals surface area contributed by atoms with Crippen LogP contribution in [0.5, 0.6) is 0 Å². The van der Waals surface area contributed by atoms with Gasteiger partial charge in [-0.05, 0) is 32.4 Å². The van der Waals surface area contributed by atoms with Gasteiger partial charge in [0.05, 0.1) is 0 Å². The molecule has 0 aromatic carbocycles. The molecule has 1 saturated heterocycles. The minimum absolute atomic E-state index is 0.0346. The molecule has 140 valence electrons. The second-order valence-corrected chi connectivity index (χ2v) is 8.83. The van der Waals surface area contributed by atoms with E-state index in [0.717, 1.165) is 54.8 Å². The van der Waals surface area contributed by atoms with E-state index in [9.17, 15) is 4.21 Å². The molecule has 0 unspecified atom stereocenters. The minimum atomic E-state index is -0.654. The number of nitrogens with one attached hydrogen (secondary N) is 1. The minimum Gasteiger partial charge on any atom is -0.368 e. The Balaban J connectivity index is 1.74. The van der Waals surface area contributed by atoms with Crippen LogP contribution in [-0.4, -0.2) is 60.7 Å². The average molecular weight is 374 g/mol. The number of aromatic nitrogens is 3. The summed E-state index contributed by atoms with van der Waals surface area (Å²) in [6.45, 7) is 9.05. The Morgan fingerprint density at radius 2 is 2.00 bits per heavy atom. The van der Waals surface area contributed by atoms with Crippen LogP contribution in [0.2, 0.25) is 0 Å². The molecule has 26 heavy (non-hydrogen) atoms. The van der Waals surface area contributed by atoms with E-state index in [0.29, 0.717) is 5.82 Å². The van der Waals surface area contributed by atoms with Crippen LogP contribution in [0.4, 0.5) is 5.82 Å². The molecule has 0 saturated carbocycles. The van der Waals surface area contributed by atoms with Gasteiger partial charge in [0.2, 0.25) is 0 Å². The maximum Gasteiger partial charge on any atom is 0.180 e. The van der Waals surface area contributed by atoms with Crippen LogP contribution < -0.4 is 5.32 Å². The van der Waals surface area contributed by atoms with Crippen molar-refractivity contribution in [3.63, 3.8) is 0 Å². The first-order valence-electron chi connectivity index (χ1n) is 9.11. The van der Waals surface area contributed by atoms with Gasteiger partial charge in [0.1, 0.15) is 11.5 Å². The molecule has 7 heteroatoms. The van der Waals surface area contributed by atoms with Gasteiger partial charge in [0, 0.05) is 65.4 Å². The molecule has 3 heterocycles. The molecule has 1 aliphatic heterocycles. The maximum atomic E-state index is 11.6. The van der Waals surface area contributed by atoms with Gasteiger partial charge in [-0.3, -0.25) is 14.1 Å². The number of anilines is 1. The zero-order valence-electron chi connectivity index (χ0n) is 15.7. The summed E-state index contributed by atoms with van der Waals surface area (Å²) in [4.78, 5) is 16.0. The Morgan fingerprint density at radius 3 is 2.65 bits per heavy atom. The lowest BCUT2D eigenvalue weighted by molar-refractivity contribution is 0.145. The number of aryl methyl sites for hydroxylation is 1. The third kappa shape index (κ3) is 4.65. The quantitative estimate of drug-likeness (QED) is 0.838. The van der Waals surface area contributed by atoms with E-state index >= 15 is 0 Å². The largest absolute Gasteiger partial charge is 0.368 e. The molecule has 1 fully saturated rings. The second kappa shape index (κ2) is 8.22. The first-order valence-corrected chi connectivity index (χ1v) is 10.6. The molecule has 0 atom stereocenters. The summed E-state index contributed by atoms with van der Waals surface area (Å²) >= 11 is 0. The third-order valence-corrected chi connectivity index (χ3v) is 6.05. The van der Waals surface area contributed by atoms with Crippen molar-refractivity contribution in [2.75, 3.05) is 36.5 Å². The van der Waals surface area contributed by atoms with Crippen molar-refractivity contribution in [1.29, 1.82) is 0 Å². The molecule has 2 aromatic rings. The van der Waals surface area contributed by atoms with E-state index < -0.39 is 10.8 Å². The summed E-state index contributed by atoms with van der Waals surface area (Å²) in [5.74, 6) is 3.01. The second-order valence-electron chi connectivity index (χ2n) is 7.14. The Bertz CT molecular complexity index is 756. The van der Waals surface area contributed by atoms with Gasteiger partial charge in [-0.2, -0.15) is 0 Å². The first kappa shape index (κ1) is 18.9. The van der Waals surface area contributed by atoms with Gasteiger partial charge in [0.15, 0.2) is 5.82 Å². The van der Waals surface area contributed by atoms with E-state index in [4.69, 9.17) is 0 Å². The van der Waals surface area contributed by atoms with Gasteiger partial charge in [-0.15, -0.1) is 0 Å². The van der Waals surface area contributed by atoms with Crippen molar-refractivity contribution in [1.82, 2.24) is 19.9 Å². The van der Waals surface area contributed by atoms with Crippen LogP contribution >= 0.6 is 0 Å². The highest BCUT2D eigenvalue weighted by atomic mass is 32.2. The predicted molar refractivity (Wildman–Crippen MR) is 107 cm³/mol. The molecular weight excluding hydrogens is 346 g/mol. The third-order valence-electron chi connectivity index (χ3n) is 4.77. The van der Waals surface area contributed by atoms with Crippen molar-refractivity contribution in [2.45, 2.75) is 32.7 Å². The van der Waals surface area contributed by atoms with E-state index in [1.54, 1.807) is 6.20 Å². The number of nitrogens with zero attached hydrogens (tertiary/aromatic N) is 4. The fourth-order valence-electron chi connectivity index (χ4n) is 3.04. The van der Waals surface area contributed by atoms with Gasteiger partial charge in [-0.1, -0.05) is 13.0 Å². The zero-order chi connectivity index (χ0) is 18.6. The van der Waals surface area contributed by atoms with E-state index in [1.165, 1.54) is 0 Å². The molecule has 6 nitrogen and oxygen atoms in total. The molecule has 0 aliphatic carbocycles. The van der Waals surface area contributed by atoms with Crippen molar-refractivity contribution in [3.05, 3.63) is 36.2 Å². The summed E-state index contributed by atoms with van der Waals surface area (Å²) in [6.07, 6.45) is 2.60. The first-order chi connectivity index (χ1) is 12.5. The number of pyridine rings is 1. The van der Waals surface area contributed by atoms with Gasteiger partial charge < -0.3 is 5.32 Å². The molecular formula is C19H27N5OS. The lowest BCUT2D eigenvalue weighted by Crippen LogP contribution is -2.53. The molecule has 1 aliphatic rings. The maximum absolute atomic E-state index is 11.6. The smallest absolute Gasteiger partial charge is 0.180 e. The zero-order valence-corrected chi connectivity index (χ0v) is 16.6. The summed E-state index contributed by atoms with van der Waals surface area (Å²) in [7, 11) is -0.654. The molecule has 2 aromatic heterocycles. The van der Waals surface area contributed by atoms with Crippen LogP contribution in [0.3, 0.4) is 0 Å². The van der Waals surface area contributed by atoms with Crippen molar-refractivity contribution in [3.8, 4) is 11.5 Å². The molecule has 3 rings (SSSR count). The predicted octanol–water partition coefficient (Wildman–Crippen LogP) is 2.36.